The molecule has 36 heavy (non-hydrogen) atoms. The van der Waals surface area contributed by atoms with Gasteiger partial charge in [0, 0.05) is 12.8 Å². The van der Waals surface area contributed by atoms with Crippen LogP contribution in [-0.2, 0) is 28.8 Å². The van der Waals surface area contributed by atoms with Gasteiger partial charge in [0.1, 0.15) is 18.1 Å². The molecule has 0 bridgehead atoms. The van der Waals surface area contributed by atoms with E-state index in [1.807, 2.05) is 13.8 Å². The lowest BCUT2D eigenvalue weighted by Gasteiger charge is -2.25. The van der Waals surface area contributed by atoms with E-state index in [2.05, 4.69) is 16.0 Å². The minimum atomic E-state index is -1.37. The SMILES string of the molecule is CC(C)CC(N)C(=O)NC(CCC(=O)O)C(=O)NC(CCC(N)=O)C(=O)NC(CCCCN)C(=O)O. The second kappa shape index (κ2) is 17.2. The van der Waals surface area contributed by atoms with Gasteiger partial charge < -0.3 is 43.4 Å². The molecule has 0 aromatic carbocycles. The van der Waals surface area contributed by atoms with E-state index in [1.54, 1.807) is 0 Å². The highest BCUT2D eigenvalue weighted by molar-refractivity contribution is 5.94. The summed E-state index contributed by atoms with van der Waals surface area (Å²) in [4.78, 5) is 72.0. The molecule has 0 heterocycles. The van der Waals surface area contributed by atoms with Crippen molar-refractivity contribution in [3.63, 3.8) is 0 Å². The first-order valence-electron chi connectivity index (χ1n) is 11.9. The number of hydrogen-bond acceptors (Lipinski definition) is 8. The van der Waals surface area contributed by atoms with Crippen molar-refractivity contribution in [2.75, 3.05) is 6.54 Å². The summed E-state index contributed by atoms with van der Waals surface area (Å²) in [5.74, 6) is -5.59. The van der Waals surface area contributed by atoms with Crippen molar-refractivity contribution in [2.24, 2.45) is 23.1 Å². The van der Waals surface area contributed by atoms with Gasteiger partial charge in [-0.05, 0) is 51.0 Å². The number of carbonyl (C=O) groups is 6. The molecule has 4 atom stereocenters. The lowest BCUT2D eigenvalue weighted by atomic mass is 10.0. The summed E-state index contributed by atoms with van der Waals surface area (Å²) < 4.78 is 0. The van der Waals surface area contributed by atoms with Gasteiger partial charge in [-0.1, -0.05) is 13.8 Å². The van der Waals surface area contributed by atoms with Crippen molar-refractivity contribution in [3.05, 3.63) is 0 Å². The lowest BCUT2D eigenvalue weighted by Crippen LogP contribution is -2.57. The quantitative estimate of drug-likeness (QED) is 0.0889. The van der Waals surface area contributed by atoms with Crippen LogP contribution in [-0.4, -0.2) is 76.5 Å². The van der Waals surface area contributed by atoms with E-state index in [0.717, 1.165) is 0 Å². The first-order valence-corrected chi connectivity index (χ1v) is 11.9. The maximum atomic E-state index is 12.9. The van der Waals surface area contributed by atoms with Gasteiger partial charge in [-0.15, -0.1) is 0 Å². The minimum absolute atomic E-state index is 0.0888. The van der Waals surface area contributed by atoms with Gasteiger partial charge in [-0.2, -0.15) is 0 Å². The van der Waals surface area contributed by atoms with Crippen LogP contribution in [0.5, 0.6) is 0 Å². The van der Waals surface area contributed by atoms with E-state index >= 15 is 0 Å². The fourth-order valence-corrected chi connectivity index (χ4v) is 3.28. The molecule has 0 rings (SSSR count). The zero-order valence-electron chi connectivity index (χ0n) is 20.8. The van der Waals surface area contributed by atoms with Gasteiger partial charge in [0.15, 0.2) is 0 Å². The summed E-state index contributed by atoms with van der Waals surface area (Å²) in [6, 6.07) is -4.90. The summed E-state index contributed by atoms with van der Waals surface area (Å²) >= 11 is 0. The number of carboxylic acids is 2. The molecule has 0 fully saturated rings. The number of unbranched alkanes of at least 4 members (excludes halogenated alkanes) is 1. The smallest absolute Gasteiger partial charge is 0.326 e. The number of primary amides is 1. The number of nitrogens with one attached hydrogen (secondary N) is 3. The molecule has 0 saturated carbocycles. The van der Waals surface area contributed by atoms with E-state index in [-0.39, 0.29) is 31.6 Å². The molecule has 4 unspecified atom stereocenters. The average Bonchev–Trinajstić information content (AvgIpc) is 2.77. The normalized spacial score (nSPS) is 14.2. The zero-order chi connectivity index (χ0) is 27.8. The number of aliphatic carboxylic acids is 2. The van der Waals surface area contributed by atoms with Crippen LogP contribution in [0.15, 0.2) is 0 Å². The van der Waals surface area contributed by atoms with Crippen LogP contribution < -0.4 is 33.2 Å². The maximum Gasteiger partial charge on any atom is 0.326 e. The van der Waals surface area contributed by atoms with Crippen LogP contribution in [0.3, 0.4) is 0 Å². The van der Waals surface area contributed by atoms with Crippen LogP contribution in [0, 0.1) is 5.92 Å². The summed E-state index contributed by atoms with van der Waals surface area (Å²) in [6.07, 6.45) is 0.115. The van der Waals surface area contributed by atoms with E-state index in [9.17, 15) is 33.9 Å². The lowest BCUT2D eigenvalue weighted by molar-refractivity contribution is -0.142. The van der Waals surface area contributed by atoms with Gasteiger partial charge in [-0.3, -0.25) is 24.0 Å². The van der Waals surface area contributed by atoms with Crippen molar-refractivity contribution < 1.29 is 39.0 Å². The highest BCUT2D eigenvalue weighted by Crippen LogP contribution is 2.07. The second-order valence-corrected chi connectivity index (χ2v) is 8.98. The number of nitrogens with two attached hydrogens (primary N) is 3. The van der Waals surface area contributed by atoms with Crippen LogP contribution in [0.25, 0.3) is 0 Å². The minimum Gasteiger partial charge on any atom is -0.481 e. The molecule has 14 nitrogen and oxygen atoms in total. The molecule has 206 valence electrons. The van der Waals surface area contributed by atoms with Crippen LogP contribution in [0.4, 0.5) is 0 Å². The van der Waals surface area contributed by atoms with Crippen LogP contribution >= 0.6 is 0 Å². The Kier molecular flexibility index (Phi) is 15.7. The number of carboxylic acid groups (broad SMARTS) is 2. The van der Waals surface area contributed by atoms with Gasteiger partial charge in [0.05, 0.1) is 6.04 Å². The van der Waals surface area contributed by atoms with E-state index in [0.29, 0.717) is 25.8 Å². The Balaban J connectivity index is 5.59. The molecule has 0 aromatic rings. The Morgan fingerprint density at radius 3 is 1.69 bits per heavy atom. The van der Waals surface area contributed by atoms with E-state index in [1.165, 1.54) is 0 Å². The first kappa shape index (κ1) is 32.7. The van der Waals surface area contributed by atoms with Crippen molar-refractivity contribution in [1.82, 2.24) is 16.0 Å². The highest BCUT2D eigenvalue weighted by Gasteiger charge is 2.30. The molecule has 0 aliphatic heterocycles. The number of rotatable bonds is 19. The first-order chi connectivity index (χ1) is 16.8. The molecule has 0 saturated heterocycles. The Hall–Kier alpha value is -3.26. The predicted octanol–water partition coefficient (Wildman–Crippen LogP) is -1.84. The number of carbonyl (C=O) groups excluding carboxylic acids is 4. The Bertz CT molecular complexity index is 776. The summed E-state index contributed by atoms with van der Waals surface area (Å²) in [6.45, 7) is 4.05. The van der Waals surface area contributed by atoms with Crippen molar-refractivity contribution in [3.8, 4) is 0 Å². The molecular weight excluding hydrogens is 476 g/mol. The molecule has 4 amide bonds. The van der Waals surface area contributed by atoms with Crippen LogP contribution in [0.1, 0.15) is 65.2 Å². The van der Waals surface area contributed by atoms with Gasteiger partial charge in [-0.25, -0.2) is 4.79 Å². The molecule has 0 aliphatic rings. The third-order valence-corrected chi connectivity index (χ3v) is 5.22. The Morgan fingerprint density at radius 2 is 1.25 bits per heavy atom. The topological polar surface area (TPSA) is 257 Å². The molecule has 0 aliphatic carbocycles. The largest absolute Gasteiger partial charge is 0.481 e. The van der Waals surface area contributed by atoms with Crippen molar-refractivity contribution in [1.29, 1.82) is 0 Å². The monoisotopic (exact) mass is 516 g/mol. The fraction of sp³-hybridized carbons (Fsp3) is 0.727. The molecular formula is C22H40N6O8. The third-order valence-electron chi connectivity index (χ3n) is 5.22. The summed E-state index contributed by atoms with van der Waals surface area (Å²) in [5, 5.41) is 25.5. The van der Waals surface area contributed by atoms with Gasteiger partial charge >= 0.3 is 11.9 Å². The molecule has 11 N–H and O–H groups in total. The number of amides is 4. The van der Waals surface area contributed by atoms with Gasteiger partial charge in [0.25, 0.3) is 0 Å². The second-order valence-electron chi connectivity index (χ2n) is 8.98. The standard InChI is InChI=1S/C22H40N6O8/c1-12(2)11-13(24)19(32)26-15(7-9-18(30)31)20(33)27-14(6-8-17(25)29)21(34)28-16(22(35)36)5-3-4-10-23/h12-16H,3-11,23-24H2,1-2H3,(H2,25,29)(H,26,32)(H,27,33)(H,28,34)(H,30,31)(H,35,36). The Labute approximate surface area is 210 Å². The fourth-order valence-electron chi connectivity index (χ4n) is 3.28. The highest BCUT2D eigenvalue weighted by atomic mass is 16.4. The van der Waals surface area contributed by atoms with Crippen molar-refractivity contribution >= 4 is 35.6 Å². The third kappa shape index (κ3) is 14.2. The van der Waals surface area contributed by atoms with E-state index in [4.69, 9.17) is 22.3 Å². The summed E-state index contributed by atoms with van der Waals surface area (Å²) in [7, 11) is 0. The molecule has 0 aromatic heterocycles. The summed E-state index contributed by atoms with van der Waals surface area (Å²) in [5.41, 5.74) is 16.4. The van der Waals surface area contributed by atoms with Crippen LogP contribution in [0.2, 0.25) is 0 Å². The van der Waals surface area contributed by atoms with Crippen molar-refractivity contribution in [2.45, 2.75) is 89.4 Å². The van der Waals surface area contributed by atoms with E-state index < -0.39 is 66.2 Å². The number of hydrogen-bond donors (Lipinski definition) is 8. The maximum absolute atomic E-state index is 12.9. The molecule has 0 spiro atoms. The predicted molar refractivity (Wildman–Crippen MR) is 129 cm³/mol. The van der Waals surface area contributed by atoms with Gasteiger partial charge in [0.2, 0.25) is 23.6 Å². The molecule has 14 heteroatoms. The molecule has 0 radical (unpaired) electrons. The average molecular weight is 517 g/mol. The zero-order valence-corrected chi connectivity index (χ0v) is 20.8. The Morgan fingerprint density at radius 1 is 0.750 bits per heavy atom.